The van der Waals surface area contributed by atoms with Crippen molar-refractivity contribution >= 4 is 42.3 Å². The zero-order valence-electron chi connectivity index (χ0n) is 17.4. The van der Waals surface area contributed by atoms with Crippen molar-refractivity contribution in [3.63, 3.8) is 0 Å². The quantitative estimate of drug-likeness (QED) is 0.756. The molecule has 1 aromatic rings. The van der Waals surface area contributed by atoms with E-state index in [1.807, 2.05) is 28.0 Å². The number of nitrogens with two attached hydrogens (primary N) is 1. The molecule has 2 aliphatic heterocycles. The second kappa shape index (κ2) is 11.7. The third-order valence-corrected chi connectivity index (χ3v) is 5.50. The minimum absolute atomic E-state index is 0. The van der Waals surface area contributed by atoms with Crippen molar-refractivity contribution in [3.05, 3.63) is 29.8 Å². The van der Waals surface area contributed by atoms with Gasteiger partial charge in [0.05, 0.1) is 12.6 Å². The first-order chi connectivity index (χ1) is 13.0. The first-order valence-electron chi connectivity index (χ1n) is 10.1. The molecule has 0 aliphatic carbocycles. The van der Waals surface area contributed by atoms with Crippen molar-refractivity contribution in [2.45, 2.75) is 39.2 Å². The van der Waals surface area contributed by atoms with Crippen molar-refractivity contribution < 1.29 is 9.59 Å². The molecule has 1 atom stereocenters. The van der Waals surface area contributed by atoms with Gasteiger partial charge in [-0.2, -0.15) is 0 Å². The maximum atomic E-state index is 12.9. The normalized spacial score (nSPS) is 17.8. The molecule has 1 aromatic carbocycles. The first-order valence-corrected chi connectivity index (χ1v) is 10.1. The summed E-state index contributed by atoms with van der Waals surface area (Å²) in [5, 5.41) is 0. The maximum absolute atomic E-state index is 12.9. The van der Waals surface area contributed by atoms with Crippen LogP contribution in [0, 0.1) is 5.92 Å². The Morgan fingerprint density at radius 2 is 1.69 bits per heavy atom. The van der Waals surface area contributed by atoms with E-state index in [0.717, 1.165) is 38.2 Å². The lowest BCUT2D eigenvalue weighted by molar-refractivity contribution is -0.134. The van der Waals surface area contributed by atoms with Crippen molar-refractivity contribution in [2.75, 3.05) is 44.2 Å². The van der Waals surface area contributed by atoms with Crippen molar-refractivity contribution in [3.8, 4) is 0 Å². The zero-order valence-corrected chi connectivity index (χ0v) is 19.0. The molecule has 8 heteroatoms. The van der Waals surface area contributed by atoms with Crippen molar-refractivity contribution in [2.24, 2.45) is 11.7 Å². The number of rotatable bonds is 5. The van der Waals surface area contributed by atoms with E-state index in [0.29, 0.717) is 32.0 Å². The van der Waals surface area contributed by atoms with Crippen LogP contribution in [-0.4, -0.2) is 66.9 Å². The summed E-state index contributed by atoms with van der Waals surface area (Å²) in [5.74, 6) is 0.605. The van der Waals surface area contributed by atoms with Crippen LogP contribution >= 0.6 is 24.8 Å². The Morgan fingerprint density at radius 3 is 2.34 bits per heavy atom. The van der Waals surface area contributed by atoms with Gasteiger partial charge in [0, 0.05) is 38.4 Å². The second-order valence-corrected chi connectivity index (χ2v) is 8.12. The highest BCUT2D eigenvalue weighted by molar-refractivity contribution is 5.96. The number of carbonyl (C=O) groups is 2. The van der Waals surface area contributed by atoms with Crippen LogP contribution in [0.1, 0.15) is 32.3 Å². The fourth-order valence-electron chi connectivity index (χ4n) is 4.04. The molecule has 164 valence electrons. The van der Waals surface area contributed by atoms with Gasteiger partial charge in [-0.25, -0.2) is 0 Å². The molecule has 0 radical (unpaired) electrons. The van der Waals surface area contributed by atoms with Crippen LogP contribution in [0.15, 0.2) is 24.3 Å². The molecule has 2 amide bonds. The van der Waals surface area contributed by atoms with Gasteiger partial charge in [-0.3, -0.25) is 14.5 Å². The van der Waals surface area contributed by atoms with Gasteiger partial charge in [0.25, 0.3) is 0 Å². The molecule has 0 unspecified atom stereocenters. The highest BCUT2D eigenvalue weighted by Gasteiger charge is 2.28. The number of aryl methyl sites for hydroxylation is 1. The number of hydrogen-bond donors (Lipinski definition) is 1. The molecule has 0 bridgehead atoms. The molecule has 2 aliphatic rings. The number of fused-ring (bicyclic) bond motifs is 1. The first kappa shape index (κ1) is 25.7. The van der Waals surface area contributed by atoms with Gasteiger partial charge in [-0.15, -0.1) is 24.8 Å². The van der Waals surface area contributed by atoms with E-state index in [9.17, 15) is 9.59 Å². The van der Waals surface area contributed by atoms with E-state index in [4.69, 9.17) is 5.73 Å². The molecule has 0 saturated carbocycles. The summed E-state index contributed by atoms with van der Waals surface area (Å²) in [5.41, 5.74) is 8.36. The molecule has 6 nitrogen and oxygen atoms in total. The van der Waals surface area contributed by atoms with E-state index in [2.05, 4.69) is 24.8 Å². The van der Waals surface area contributed by atoms with Gasteiger partial charge in [-0.05, 0) is 36.8 Å². The van der Waals surface area contributed by atoms with E-state index in [1.165, 1.54) is 5.56 Å². The average Bonchev–Trinajstić information content (AvgIpc) is 2.67. The smallest absolute Gasteiger partial charge is 0.241 e. The lowest BCUT2D eigenvalue weighted by atomic mass is 10.0. The van der Waals surface area contributed by atoms with Crippen LogP contribution < -0.4 is 10.6 Å². The fourth-order valence-corrected chi connectivity index (χ4v) is 4.04. The molecule has 2 N–H and O–H groups in total. The second-order valence-electron chi connectivity index (χ2n) is 8.12. The minimum atomic E-state index is -0.414. The summed E-state index contributed by atoms with van der Waals surface area (Å²) in [4.78, 5) is 31.2. The summed E-state index contributed by atoms with van der Waals surface area (Å²) < 4.78 is 0. The number of para-hydroxylation sites is 1. The molecule has 3 rings (SSSR count). The summed E-state index contributed by atoms with van der Waals surface area (Å²) in [6, 6.07) is 7.77. The molecule has 0 spiro atoms. The Hall–Kier alpha value is -1.34. The molecular formula is C21H34Cl2N4O2. The Morgan fingerprint density at radius 1 is 1.03 bits per heavy atom. The van der Waals surface area contributed by atoms with Gasteiger partial charge < -0.3 is 15.5 Å². The zero-order chi connectivity index (χ0) is 19.4. The van der Waals surface area contributed by atoms with Crippen LogP contribution in [0.3, 0.4) is 0 Å². The number of halogens is 2. The van der Waals surface area contributed by atoms with Crippen LogP contribution in [0.25, 0.3) is 0 Å². The Bertz CT molecular complexity index is 678. The number of carbonyl (C=O) groups excluding carboxylic acids is 2. The van der Waals surface area contributed by atoms with Crippen LogP contribution in [0.4, 0.5) is 5.69 Å². The van der Waals surface area contributed by atoms with E-state index in [1.54, 1.807) is 0 Å². The monoisotopic (exact) mass is 444 g/mol. The Labute approximate surface area is 186 Å². The number of nitrogens with zero attached hydrogens (tertiary/aromatic N) is 3. The summed E-state index contributed by atoms with van der Waals surface area (Å²) in [7, 11) is 0. The topological polar surface area (TPSA) is 69.9 Å². The fraction of sp³-hybridized carbons (Fsp3) is 0.619. The summed E-state index contributed by atoms with van der Waals surface area (Å²) >= 11 is 0. The minimum Gasteiger partial charge on any atom is -0.339 e. The lowest BCUT2D eigenvalue weighted by Crippen LogP contribution is -2.55. The van der Waals surface area contributed by atoms with Crippen LogP contribution in [-0.2, 0) is 16.0 Å². The van der Waals surface area contributed by atoms with Crippen LogP contribution in [0.5, 0.6) is 0 Å². The largest absolute Gasteiger partial charge is 0.339 e. The molecule has 1 saturated heterocycles. The van der Waals surface area contributed by atoms with Gasteiger partial charge in [-0.1, -0.05) is 32.0 Å². The van der Waals surface area contributed by atoms with Crippen LogP contribution in [0.2, 0.25) is 0 Å². The van der Waals surface area contributed by atoms with Gasteiger partial charge in [0.15, 0.2) is 0 Å². The number of benzene rings is 1. The molecule has 29 heavy (non-hydrogen) atoms. The molecule has 2 heterocycles. The van der Waals surface area contributed by atoms with Gasteiger partial charge >= 0.3 is 0 Å². The predicted octanol–water partition coefficient (Wildman–Crippen LogP) is 2.33. The Kier molecular flexibility index (Phi) is 10.4. The van der Waals surface area contributed by atoms with Crippen molar-refractivity contribution in [1.82, 2.24) is 9.80 Å². The summed E-state index contributed by atoms with van der Waals surface area (Å²) in [6.45, 7) is 8.10. The number of amides is 2. The van der Waals surface area contributed by atoms with Crippen molar-refractivity contribution in [1.29, 1.82) is 0 Å². The van der Waals surface area contributed by atoms with E-state index >= 15 is 0 Å². The Balaban J connectivity index is 0.00000210. The van der Waals surface area contributed by atoms with E-state index in [-0.39, 0.29) is 36.6 Å². The number of hydrogen-bond acceptors (Lipinski definition) is 4. The molecule has 1 fully saturated rings. The third kappa shape index (κ3) is 6.57. The van der Waals surface area contributed by atoms with Gasteiger partial charge in [0.1, 0.15) is 0 Å². The number of anilines is 1. The highest BCUT2D eigenvalue weighted by Crippen LogP contribution is 2.26. The highest BCUT2D eigenvalue weighted by atomic mass is 35.5. The molecular weight excluding hydrogens is 411 g/mol. The maximum Gasteiger partial charge on any atom is 0.241 e. The van der Waals surface area contributed by atoms with E-state index < -0.39 is 6.04 Å². The number of piperazine rings is 1. The van der Waals surface area contributed by atoms with Gasteiger partial charge in [0.2, 0.25) is 11.8 Å². The SMILES string of the molecule is CC(C)C[C@H](N)C(=O)N1CCN(CC(=O)N2CCCc3ccccc32)CC1.Cl.Cl. The standard InChI is InChI=1S/C21H32N4O2.2ClH/c1-16(2)14-18(22)21(27)24-12-10-23(11-13-24)15-20(26)25-9-5-7-17-6-3-4-8-19(17)25;;/h3-4,6,8,16,18H,5,7,9-15,22H2,1-2H3;2*1H/t18-;;/m0../s1. The average molecular weight is 445 g/mol. The summed E-state index contributed by atoms with van der Waals surface area (Å²) in [6.07, 6.45) is 2.77. The predicted molar refractivity (Wildman–Crippen MR) is 122 cm³/mol. The molecule has 0 aromatic heterocycles. The lowest BCUT2D eigenvalue weighted by Gasteiger charge is -2.37. The third-order valence-electron chi connectivity index (χ3n) is 5.50.